The first-order valence-electron chi connectivity index (χ1n) is 6.63. The number of hydrogen-bond donors (Lipinski definition) is 2. The highest BCUT2D eigenvalue weighted by Gasteiger charge is 2.18. The van der Waals surface area contributed by atoms with Gasteiger partial charge in [0.1, 0.15) is 0 Å². The summed E-state index contributed by atoms with van der Waals surface area (Å²) in [5.41, 5.74) is 10.5. The van der Waals surface area contributed by atoms with Gasteiger partial charge in [0.2, 0.25) is 0 Å². The molecule has 2 heterocycles. The maximum atomic E-state index is 7.57. The fraction of sp³-hybridized carbons (Fsp3) is 0.333. The molecular weight excluding hydrogens is 236 g/mol. The number of aryl methyl sites for hydroxylation is 1. The zero-order valence-corrected chi connectivity index (χ0v) is 11.1. The average Bonchev–Trinajstić information content (AvgIpc) is 2.62. The van der Waals surface area contributed by atoms with E-state index < -0.39 is 0 Å². The molecule has 0 saturated carbocycles. The Labute approximate surface area is 112 Å². The molecule has 1 aliphatic rings. The number of aromatic nitrogens is 1. The van der Waals surface area contributed by atoms with Crippen molar-refractivity contribution in [2.75, 3.05) is 13.1 Å². The second kappa shape index (κ2) is 4.53. The van der Waals surface area contributed by atoms with Crippen LogP contribution in [0.3, 0.4) is 0 Å². The second-order valence-electron chi connectivity index (χ2n) is 5.05. The van der Waals surface area contributed by atoms with E-state index in [1.54, 1.807) is 0 Å². The normalized spacial score (nSPS) is 15.1. The van der Waals surface area contributed by atoms with Crippen LogP contribution in [-0.4, -0.2) is 28.9 Å². The molecule has 1 aliphatic heterocycles. The van der Waals surface area contributed by atoms with Gasteiger partial charge in [0.15, 0.2) is 5.96 Å². The molecule has 0 amide bonds. The van der Waals surface area contributed by atoms with Crippen molar-refractivity contribution in [2.45, 2.75) is 19.8 Å². The summed E-state index contributed by atoms with van der Waals surface area (Å²) in [5.74, 6) is 0.162. The molecule has 0 aliphatic carbocycles. The largest absolute Gasteiger partial charge is 0.370 e. The summed E-state index contributed by atoms with van der Waals surface area (Å²) >= 11 is 0. The average molecular weight is 254 g/mol. The molecule has 0 bridgehead atoms. The molecule has 3 rings (SSSR count). The Morgan fingerprint density at radius 1 is 1.26 bits per heavy atom. The van der Waals surface area contributed by atoms with Gasteiger partial charge in [-0.1, -0.05) is 18.2 Å². The monoisotopic (exact) mass is 254 g/mol. The summed E-state index contributed by atoms with van der Waals surface area (Å²) in [4.78, 5) is 6.71. The van der Waals surface area contributed by atoms with E-state index in [1.807, 2.05) is 11.0 Å². The molecule has 1 aromatic carbocycles. The zero-order chi connectivity index (χ0) is 13.4. The quantitative estimate of drug-likeness (QED) is 0.557. The summed E-state index contributed by atoms with van der Waals surface area (Å²) < 4.78 is 0. The van der Waals surface area contributed by atoms with Crippen LogP contribution < -0.4 is 5.73 Å². The van der Waals surface area contributed by atoms with Gasteiger partial charge in [-0.05, 0) is 30.5 Å². The maximum Gasteiger partial charge on any atom is 0.188 e. The van der Waals surface area contributed by atoms with Gasteiger partial charge in [0.25, 0.3) is 0 Å². The molecule has 0 saturated heterocycles. The van der Waals surface area contributed by atoms with Crippen molar-refractivity contribution in [3.8, 4) is 0 Å². The van der Waals surface area contributed by atoms with E-state index in [4.69, 9.17) is 16.1 Å². The molecule has 0 unspecified atom stereocenters. The van der Waals surface area contributed by atoms with Crippen molar-refractivity contribution >= 4 is 16.9 Å². The molecule has 0 fully saturated rings. The molecule has 2 aromatic rings. The van der Waals surface area contributed by atoms with Crippen LogP contribution in [0.5, 0.6) is 0 Å². The van der Waals surface area contributed by atoms with Crippen LogP contribution in [0.2, 0.25) is 0 Å². The number of fused-ring (bicyclic) bond motifs is 2. The predicted molar refractivity (Wildman–Crippen MR) is 77.4 cm³/mol. The van der Waals surface area contributed by atoms with Gasteiger partial charge in [-0.3, -0.25) is 10.4 Å². The number of rotatable bonds is 0. The molecule has 19 heavy (non-hydrogen) atoms. The lowest BCUT2D eigenvalue weighted by Crippen LogP contribution is -2.38. The smallest absolute Gasteiger partial charge is 0.188 e. The number of para-hydroxylation sites is 1. The van der Waals surface area contributed by atoms with Gasteiger partial charge in [0.05, 0.1) is 5.52 Å². The van der Waals surface area contributed by atoms with Crippen molar-refractivity contribution in [1.29, 1.82) is 5.41 Å². The van der Waals surface area contributed by atoms with Gasteiger partial charge >= 0.3 is 0 Å². The first-order chi connectivity index (χ1) is 9.16. The first kappa shape index (κ1) is 12.0. The van der Waals surface area contributed by atoms with E-state index in [0.29, 0.717) is 0 Å². The fourth-order valence-corrected chi connectivity index (χ4v) is 2.86. The van der Waals surface area contributed by atoms with E-state index in [2.05, 4.69) is 25.1 Å². The topological polar surface area (TPSA) is 66.0 Å². The van der Waals surface area contributed by atoms with Crippen LogP contribution in [0.15, 0.2) is 24.3 Å². The van der Waals surface area contributed by atoms with Crippen molar-refractivity contribution in [3.05, 3.63) is 41.1 Å². The Morgan fingerprint density at radius 2 is 2.00 bits per heavy atom. The van der Waals surface area contributed by atoms with Gasteiger partial charge in [-0.15, -0.1) is 0 Å². The molecule has 0 atom stereocenters. The van der Waals surface area contributed by atoms with E-state index >= 15 is 0 Å². The first-order valence-corrected chi connectivity index (χ1v) is 6.63. The zero-order valence-electron chi connectivity index (χ0n) is 11.1. The van der Waals surface area contributed by atoms with Crippen molar-refractivity contribution in [3.63, 3.8) is 0 Å². The molecular formula is C15H18N4. The molecule has 98 valence electrons. The molecule has 4 nitrogen and oxygen atoms in total. The lowest BCUT2D eigenvalue weighted by molar-refractivity contribution is 0.430. The third kappa shape index (κ3) is 2.03. The van der Waals surface area contributed by atoms with Crippen molar-refractivity contribution in [2.24, 2.45) is 5.73 Å². The molecule has 4 heteroatoms. The van der Waals surface area contributed by atoms with Gasteiger partial charge in [-0.2, -0.15) is 0 Å². The molecule has 1 aromatic heterocycles. The number of nitrogens with zero attached hydrogens (tertiary/aromatic N) is 2. The minimum Gasteiger partial charge on any atom is -0.370 e. The van der Waals surface area contributed by atoms with Crippen LogP contribution in [0, 0.1) is 12.3 Å². The third-order valence-electron chi connectivity index (χ3n) is 3.96. The Morgan fingerprint density at radius 3 is 2.79 bits per heavy atom. The Kier molecular flexibility index (Phi) is 2.85. The summed E-state index contributed by atoms with van der Waals surface area (Å²) in [6, 6.07) is 8.28. The lowest BCUT2D eigenvalue weighted by Gasteiger charge is -2.19. The minimum atomic E-state index is 0.162. The van der Waals surface area contributed by atoms with Crippen molar-refractivity contribution in [1.82, 2.24) is 9.88 Å². The van der Waals surface area contributed by atoms with Crippen LogP contribution in [0.25, 0.3) is 10.9 Å². The highest BCUT2D eigenvalue weighted by Crippen LogP contribution is 2.25. The number of nitrogens with two attached hydrogens (primary N) is 1. The second-order valence-corrected chi connectivity index (χ2v) is 5.05. The number of guanidine groups is 1. The summed E-state index contributed by atoms with van der Waals surface area (Å²) in [6.45, 7) is 3.77. The molecule has 0 radical (unpaired) electrons. The minimum absolute atomic E-state index is 0.162. The SMILES string of the molecule is Cc1c2c(nc3ccccc13)CCN(C(=N)N)CC2. The standard InChI is InChI=1S/C15H18N4/c1-10-11-4-2-3-5-13(11)18-14-7-9-19(15(16)17)8-6-12(10)14/h2-5H,6-9H2,1H3,(H3,16,17). The van der Waals surface area contributed by atoms with Crippen LogP contribution in [-0.2, 0) is 12.8 Å². The van der Waals surface area contributed by atoms with E-state index in [0.717, 1.165) is 31.4 Å². The highest BCUT2D eigenvalue weighted by molar-refractivity contribution is 5.83. The van der Waals surface area contributed by atoms with Crippen LogP contribution in [0.1, 0.15) is 16.8 Å². The van der Waals surface area contributed by atoms with Crippen molar-refractivity contribution < 1.29 is 0 Å². The highest BCUT2D eigenvalue weighted by atomic mass is 15.2. The maximum absolute atomic E-state index is 7.57. The summed E-state index contributed by atoms with van der Waals surface area (Å²) in [6.07, 6.45) is 1.78. The Hall–Kier alpha value is -2.10. The fourth-order valence-electron chi connectivity index (χ4n) is 2.86. The van der Waals surface area contributed by atoms with Crippen LogP contribution in [0.4, 0.5) is 0 Å². The van der Waals surface area contributed by atoms with Gasteiger partial charge < -0.3 is 10.6 Å². The predicted octanol–water partition coefficient (Wildman–Crippen LogP) is 1.84. The van der Waals surface area contributed by atoms with Gasteiger partial charge in [-0.25, -0.2) is 0 Å². The number of benzene rings is 1. The number of nitrogens with one attached hydrogen (secondary N) is 1. The number of hydrogen-bond acceptors (Lipinski definition) is 2. The lowest BCUT2D eigenvalue weighted by atomic mass is 9.99. The summed E-state index contributed by atoms with van der Waals surface area (Å²) in [5, 5.41) is 8.81. The van der Waals surface area contributed by atoms with E-state index in [-0.39, 0.29) is 5.96 Å². The Balaban J connectivity index is 2.09. The summed E-state index contributed by atoms with van der Waals surface area (Å²) in [7, 11) is 0. The molecule has 3 N–H and O–H groups in total. The Bertz CT molecular complexity index is 648. The van der Waals surface area contributed by atoms with E-state index in [9.17, 15) is 0 Å². The van der Waals surface area contributed by atoms with Gasteiger partial charge in [0, 0.05) is 30.6 Å². The van der Waals surface area contributed by atoms with E-state index in [1.165, 1.54) is 22.2 Å². The molecule has 0 spiro atoms. The third-order valence-corrected chi connectivity index (χ3v) is 3.96. The van der Waals surface area contributed by atoms with Crippen LogP contribution >= 0.6 is 0 Å². The number of pyridine rings is 1.